The van der Waals surface area contributed by atoms with Crippen molar-refractivity contribution < 1.29 is 13.6 Å². The minimum Gasteiger partial charge on any atom is -0.352 e. The number of nitrogens with one attached hydrogen (secondary N) is 2. The lowest BCUT2D eigenvalue weighted by Gasteiger charge is -2.12. The van der Waals surface area contributed by atoms with Crippen LogP contribution in [0.15, 0.2) is 73.1 Å². The van der Waals surface area contributed by atoms with E-state index in [4.69, 9.17) is 0 Å². The highest BCUT2D eigenvalue weighted by Gasteiger charge is 2.18. The van der Waals surface area contributed by atoms with E-state index in [0.29, 0.717) is 47.2 Å². The van der Waals surface area contributed by atoms with E-state index < -0.39 is 11.6 Å². The number of imidazole rings is 1. The van der Waals surface area contributed by atoms with Gasteiger partial charge >= 0.3 is 0 Å². The Morgan fingerprint density at radius 3 is 2.54 bits per heavy atom. The molecule has 0 aliphatic rings. The van der Waals surface area contributed by atoms with E-state index in [-0.39, 0.29) is 22.7 Å². The van der Waals surface area contributed by atoms with Crippen LogP contribution in [0, 0.1) is 23.0 Å². The molecule has 0 radical (unpaired) electrons. The molecule has 0 bridgehead atoms. The van der Waals surface area contributed by atoms with Crippen molar-refractivity contribution in [3.63, 3.8) is 0 Å². The van der Waals surface area contributed by atoms with E-state index in [9.17, 15) is 18.8 Å². The third-order valence-electron chi connectivity index (χ3n) is 5.83. The number of nitriles is 1. The topological polar surface area (TPSA) is 107 Å². The fraction of sp³-hybridized carbons (Fsp3) is 0.107. The number of benzene rings is 3. The molecule has 0 spiro atoms. The number of H-pyrrole nitrogens is 1. The lowest BCUT2D eigenvalue weighted by atomic mass is 10.0. The van der Waals surface area contributed by atoms with Crippen molar-refractivity contribution in [1.29, 1.82) is 5.26 Å². The summed E-state index contributed by atoms with van der Waals surface area (Å²) >= 11 is 0. The fourth-order valence-electron chi connectivity index (χ4n) is 3.96. The smallest absolute Gasteiger partial charge is 0.251 e. The molecule has 5 aromatic rings. The summed E-state index contributed by atoms with van der Waals surface area (Å²) in [4.78, 5) is 29.3. The third kappa shape index (κ3) is 5.18. The number of halogens is 2. The highest BCUT2D eigenvalue weighted by molar-refractivity contribution is 5.98. The Hall–Kier alpha value is -4.97. The van der Waals surface area contributed by atoms with Gasteiger partial charge in [0, 0.05) is 42.0 Å². The molecule has 0 saturated carbocycles. The Labute approximate surface area is 210 Å². The number of nitrogens with zero attached hydrogens (tertiary/aromatic N) is 4. The lowest BCUT2D eigenvalue weighted by molar-refractivity contribution is 0.0953. The number of hydrogen-bond acceptors (Lipinski definition) is 5. The summed E-state index contributed by atoms with van der Waals surface area (Å²) in [6, 6.07) is 16.5. The molecule has 0 saturated heterocycles. The van der Waals surface area contributed by atoms with Crippen LogP contribution in [0.5, 0.6) is 0 Å². The minimum atomic E-state index is -0.582. The first-order chi connectivity index (χ1) is 18.0. The maximum Gasteiger partial charge on any atom is 0.251 e. The number of carbonyl (C=O) groups excluding carboxylic acids is 1. The van der Waals surface area contributed by atoms with E-state index >= 15 is 0 Å². The van der Waals surface area contributed by atoms with E-state index in [2.05, 4.69) is 25.3 Å². The van der Waals surface area contributed by atoms with Gasteiger partial charge in [-0.2, -0.15) is 5.26 Å². The molecule has 0 aliphatic carbocycles. The standard InChI is InChI=1S/C28H20F2N6O/c29-20-7-4-18(5-8-20)26-27(21-14-17(16-31)3-9-22(21)30)36-24-15-19(6-10-23(24)35-26)28(37)34-11-1-2-25-32-12-13-33-25/h3-10,12-15H,1-2,11H2,(H,32,33)(H,34,37). The fourth-order valence-corrected chi connectivity index (χ4v) is 3.96. The third-order valence-corrected chi connectivity index (χ3v) is 5.83. The zero-order valence-corrected chi connectivity index (χ0v) is 19.5. The van der Waals surface area contributed by atoms with Crippen LogP contribution in [0.4, 0.5) is 8.78 Å². The summed E-state index contributed by atoms with van der Waals surface area (Å²) < 4.78 is 28.5. The second-order valence-electron chi connectivity index (χ2n) is 8.33. The van der Waals surface area contributed by atoms with Crippen LogP contribution in [0.1, 0.15) is 28.2 Å². The number of rotatable bonds is 7. The van der Waals surface area contributed by atoms with Crippen molar-refractivity contribution in [2.24, 2.45) is 0 Å². The highest BCUT2D eigenvalue weighted by Crippen LogP contribution is 2.33. The molecular formula is C28H20F2N6O. The molecule has 0 atom stereocenters. The Morgan fingerprint density at radius 1 is 0.973 bits per heavy atom. The SMILES string of the molecule is N#Cc1ccc(F)c(-c2nc3cc(C(=O)NCCCc4ncc[nH]4)ccc3nc2-c2ccc(F)cc2)c1. The summed E-state index contributed by atoms with van der Waals surface area (Å²) in [6.45, 7) is 0.462. The quantitative estimate of drug-likeness (QED) is 0.303. The second-order valence-corrected chi connectivity index (χ2v) is 8.33. The summed E-state index contributed by atoms with van der Waals surface area (Å²) in [5, 5.41) is 12.2. The van der Waals surface area contributed by atoms with Crippen LogP contribution in [-0.4, -0.2) is 32.4 Å². The maximum absolute atomic E-state index is 14.9. The van der Waals surface area contributed by atoms with Gasteiger partial charge in [-0.15, -0.1) is 0 Å². The van der Waals surface area contributed by atoms with Crippen LogP contribution in [0.25, 0.3) is 33.5 Å². The number of hydrogen-bond donors (Lipinski definition) is 2. The average Bonchev–Trinajstić information content (AvgIpc) is 3.44. The van der Waals surface area contributed by atoms with Gasteiger partial charge in [0.1, 0.15) is 23.2 Å². The van der Waals surface area contributed by atoms with Gasteiger partial charge < -0.3 is 10.3 Å². The molecule has 0 fully saturated rings. The first-order valence-electron chi connectivity index (χ1n) is 11.6. The molecule has 1 amide bonds. The summed E-state index contributed by atoms with van der Waals surface area (Å²) in [5.74, 6) is -0.421. The maximum atomic E-state index is 14.9. The predicted molar refractivity (Wildman–Crippen MR) is 134 cm³/mol. The van der Waals surface area contributed by atoms with Gasteiger partial charge in [0.2, 0.25) is 0 Å². The van der Waals surface area contributed by atoms with Crippen LogP contribution < -0.4 is 5.32 Å². The molecule has 2 N–H and O–H groups in total. The van der Waals surface area contributed by atoms with Crippen molar-refractivity contribution in [1.82, 2.24) is 25.3 Å². The molecule has 182 valence electrons. The Kier molecular flexibility index (Phi) is 6.64. The van der Waals surface area contributed by atoms with Gasteiger partial charge in [-0.25, -0.2) is 23.7 Å². The number of aromatic amines is 1. The van der Waals surface area contributed by atoms with Crippen LogP contribution in [0.3, 0.4) is 0 Å². The van der Waals surface area contributed by atoms with E-state index in [1.165, 1.54) is 42.5 Å². The molecule has 9 heteroatoms. The predicted octanol–water partition coefficient (Wildman–Crippen LogP) is 5.20. The zero-order valence-electron chi connectivity index (χ0n) is 19.5. The molecule has 0 aliphatic heterocycles. The Morgan fingerprint density at radius 2 is 1.78 bits per heavy atom. The monoisotopic (exact) mass is 494 g/mol. The van der Waals surface area contributed by atoms with Gasteiger partial charge in [0.25, 0.3) is 5.91 Å². The molecule has 7 nitrogen and oxygen atoms in total. The molecule has 0 unspecified atom stereocenters. The van der Waals surface area contributed by atoms with Crippen LogP contribution in [0.2, 0.25) is 0 Å². The van der Waals surface area contributed by atoms with Crippen LogP contribution in [-0.2, 0) is 6.42 Å². The number of carbonyl (C=O) groups is 1. The van der Waals surface area contributed by atoms with Crippen molar-refractivity contribution in [2.45, 2.75) is 12.8 Å². The first kappa shape index (κ1) is 23.8. The largest absolute Gasteiger partial charge is 0.352 e. The number of amides is 1. The normalized spacial score (nSPS) is 10.8. The van der Waals surface area contributed by atoms with Gasteiger partial charge in [0.15, 0.2) is 0 Å². The molecule has 2 aromatic heterocycles. The Bertz CT molecular complexity index is 1630. The molecule has 5 rings (SSSR count). The average molecular weight is 495 g/mol. The highest BCUT2D eigenvalue weighted by atomic mass is 19.1. The molecule has 3 aromatic carbocycles. The van der Waals surface area contributed by atoms with E-state index in [0.717, 1.165) is 5.82 Å². The lowest BCUT2D eigenvalue weighted by Crippen LogP contribution is -2.24. The minimum absolute atomic E-state index is 0.0838. The summed E-state index contributed by atoms with van der Waals surface area (Å²) in [5.41, 5.74) is 2.63. The second kappa shape index (κ2) is 10.3. The van der Waals surface area contributed by atoms with Gasteiger partial charge in [0.05, 0.1) is 28.4 Å². The van der Waals surface area contributed by atoms with Crippen molar-refractivity contribution in [3.8, 4) is 28.6 Å². The van der Waals surface area contributed by atoms with Gasteiger partial charge in [-0.05, 0) is 67.1 Å². The van der Waals surface area contributed by atoms with E-state index in [1.54, 1.807) is 30.6 Å². The van der Waals surface area contributed by atoms with Crippen molar-refractivity contribution >= 4 is 16.9 Å². The number of aryl methyl sites for hydroxylation is 1. The summed E-state index contributed by atoms with van der Waals surface area (Å²) in [6.07, 6.45) is 4.86. The number of fused-ring (bicyclic) bond motifs is 1. The van der Waals surface area contributed by atoms with Crippen molar-refractivity contribution in [3.05, 3.63) is 102 Å². The molecular weight excluding hydrogens is 474 g/mol. The first-order valence-corrected chi connectivity index (χ1v) is 11.6. The molecule has 37 heavy (non-hydrogen) atoms. The molecule has 2 heterocycles. The summed E-state index contributed by atoms with van der Waals surface area (Å²) in [7, 11) is 0. The van der Waals surface area contributed by atoms with Crippen molar-refractivity contribution in [2.75, 3.05) is 6.54 Å². The van der Waals surface area contributed by atoms with Crippen LogP contribution >= 0.6 is 0 Å². The zero-order chi connectivity index (χ0) is 25.8. The Balaban J connectivity index is 1.51. The number of aromatic nitrogens is 4. The van der Waals surface area contributed by atoms with Gasteiger partial charge in [-0.1, -0.05) is 0 Å². The van der Waals surface area contributed by atoms with E-state index in [1.807, 2.05) is 6.07 Å². The van der Waals surface area contributed by atoms with Gasteiger partial charge in [-0.3, -0.25) is 4.79 Å².